The lowest BCUT2D eigenvalue weighted by atomic mass is 9.88. The van der Waals surface area contributed by atoms with Crippen LogP contribution in [-0.2, 0) is 0 Å². The molecule has 9 heteroatoms. The van der Waals surface area contributed by atoms with Gasteiger partial charge < -0.3 is 20.6 Å². The number of rotatable bonds is 6. The number of aromatic nitrogens is 4. The van der Waals surface area contributed by atoms with Gasteiger partial charge in [-0.05, 0) is 58.4 Å². The molecule has 4 aromatic rings. The number of aliphatic hydroxyl groups is 3. The van der Waals surface area contributed by atoms with Crippen molar-refractivity contribution in [2.24, 2.45) is 5.92 Å². The molecular weight excluding hydrogens is 468 g/mol. The summed E-state index contributed by atoms with van der Waals surface area (Å²) in [7, 11) is 0. The molecule has 0 unspecified atom stereocenters. The first-order valence-corrected chi connectivity index (χ1v) is 12.4. The van der Waals surface area contributed by atoms with Crippen LogP contribution in [0, 0.1) is 19.8 Å². The third-order valence-corrected chi connectivity index (χ3v) is 6.96. The average Bonchev–Trinajstić information content (AvgIpc) is 3.12. The largest absolute Gasteiger partial charge is 0.396 e. The quantitative estimate of drug-likeness (QED) is 0.272. The summed E-state index contributed by atoms with van der Waals surface area (Å²) in [5, 5.41) is 39.7. The molecule has 0 spiro atoms. The smallest absolute Gasteiger partial charge is 0.390 e. The summed E-state index contributed by atoms with van der Waals surface area (Å²) >= 11 is 0. The molecule has 1 aromatic carbocycles. The SMILES string of the molecule is Cc1cc(Nc2nc(N[C@@H]3C[C@H](C(C)(C)O)[C@@H](O)[C@H]3O)c(-c3ccc4ccccc4n3)c[nH+]2)cc(C)n1. The maximum atomic E-state index is 10.8. The maximum Gasteiger partial charge on any atom is 0.396 e. The van der Waals surface area contributed by atoms with E-state index < -0.39 is 29.8 Å². The van der Waals surface area contributed by atoms with Gasteiger partial charge in [0, 0.05) is 22.7 Å². The van der Waals surface area contributed by atoms with Gasteiger partial charge in [0.2, 0.25) is 5.82 Å². The van der Waals surface area contributed by atoms with E-state index in [1.54, 1.807) is 13.8 Å². The number of aromatic amines is 1. The minimum Gasteiger partial charge on any atom is -0.390 e. The zero-order valence-electron chi connectivity index (χ0n) is 21.4. The Balaban J connectivity index is 1.53. The fourth-order valence-electron chi connectivity index (χ4n) is 5.10. The van der Waals surface area contributed by atoms with Gasteiger partial charge in [-0.2, -0.15) is 0 Å². The first-order chi connectivity index (χ1) is 17.6. The average molecular weight is 502 g/mol. The van der Waals surface area contributed by atoms with Crippen molar-refractivity contribution in [1.29, 1.82) is 0 Å². The van der Waals surface area contributed by atoms with Crippen molar-refractivity contribution >= 4 is 28.4 Å². The van der Waals surface area contributed by atoms with Crippen LogP contribution in [0.2, 0.25) is 0 Å². The summed E-state index contributed by atoms with van der Waals surface area (Å²) in [4.78, 5) is 17.3. The monoisotopic (exact) mass is 501 g/mol. The molecular formula is C28H33N6O3+. The molecule has 3 heterocycles. The summed E-state index contributed by atoms with van der Waals surface area (Å²) in [6, 6.07) is 15.2. The highest BCUT2D eigenvalue weighted by Crippen LogP contribution is 2.37. The minimum absolute atomic E-state index is 0.377. The van der Waals surface area contributed by atoms with E-state index in [9.17, 15) is 15.3 Å². The lowest BCUT2D eigenvalue weighted by Crippen LogP contribution is -2.40. The molecule has 1 fully saturated rings. The van der Waals surface area contributed by atoms with E-state index >= 15 is 0 Å². The second kappa shape index (κ2) is 9.66. The Morgan fingerprint density at radius 2 is 1.68 bits per heavy atom. The fourth-order valence-corrected chi connectivity index (χ4v) is 5.10. The maximum absolute atomic E-state index is 10.8. The Labute approximate surface area is 215 Å². The van der Waals surface area contributed by atoms with Gasteiger partial charge in [-0.1, -0.05) is 29.2 Å². The van der Waals surface area contributed by atoms with E-state index in [0.717, 1.165) is 28.0 Å². The number of anilines is 3. The van der Waals surface area contributed by atoms with Gasteiger partial charge in [0.15, 0.2) is 0 Å². The first kappa shape index (κ1) is 25.0. The molecule has 37 heavy (non-hydrogen) atoms. The van der Waals surface area contributed by atoms with Crippen LogP contribution >= 0.6 is 0 Å². The van der Waals surface area contributed by atoms with Gasteiger partial charge in [-0.15, -0.1) is 0 Å². The predicted octanol–water partition coefficient (Wildman–Crippen LogP) is 3.16. The molecule has 9 nitrogen and oxygen atoms in total. The van der Waals surface area contributed by atoms with E-state index in [1.165, 1.54) is 0 Å². The molecule has 1 aliphatic carbocycles. The number of aryl methyl sites for hydroxylation is 2. The van der Waals surface area contributed by atoms with Gasteiger partial charge in [0.25, 0.3) is 0 Å². The van der Waals surface area contributed by atoms with Crippen LogP contribution in [0.25, 0.3) is 22.2 Å². The number of aliphatic hydroxyl groups excluding tert-OH is 2. The number of hydrogen-bond donors (Lipinski definition) is 5. The molecule has 5 rings (SSSR count). The van der Waals surface area contributed by atoms with Crippen molar-refractivity contribution in [3.05, 3.63) is 66.1 Å². The number of nitrogens with zero attached hydrogens (tertiary/aromatic N) is 3. The minimum atomic E-state index is -1.14. The van der Waals surface area contributed by atoms with Crippen molar-refractivity contribution in [2.45, 2.75) is 58.0 Å². The lowest BCUT2D eigenvalue weighted by molar-refractivity contribution is -0.363. The normalized spacial score (nSPS) is 21.8. The molecule has 0 aliphatic heterocycles. The highest BCUT2D eigenvalue weighted by molar-refractivity contribution is 5.83. The predicted molar refractivity (Wildman–Crippen MR) is 142 cm³/mol. The van der Waals surface area contributed by atoms with E-state index in [4.69, 9.17) is 9.97 Å². The summed E-state index contributed by atoms with van der Waals surface area (Å²) in [5.74, 6) is 0.501. The van der Waals surface area contributed by atoms with Crippen LogP contribution in [0.3, 0.4) is 0 Å². The Hall–Kier alpha value is -3.66. The van der Waals surface area contributed by atoms with Crippen LogP contribution in [0.4, 0.5) is 17.5 Å². The molecule has 4 atom stereocenters. The summed E-state index contributed by atoms with van der Waals surface area (Å²) in [5.41, 5.74) is 3.76. The van der Waals surface area contributed by atoms with Gasteiger partial charge in [-0.25, -0.2) is 15.3 Å². The molecule has 0 radical (unpaired) electrons. The van der Waals surface area contributed by atoms with Crippen molar-refractivity contribution in [3.63, 3.8) is 0 Å². The summed E-state index contributed by atoms with van der Waals surface area (Å²) in [6.45, 7) is 7.17. The van der Waals surface area contributed by atoms with Crippen LogP contribution in [-0.4, -0.2) is 54.1 Å². The van der Waals surface area contributed by atoms with Gasteiger partial charge >= 0.3 is 5.95 Å². The second-order valence-corrected chi connectivity index (χ2v) is 10.4. The van der Waals surface area contributed by atoms with Crippen LogP contribution in [0.15, 0.2) is 54.7 Å². The van der Waals surface area contributed by atoms with Gasteiger partial charge in [0.05, 0.1) is 40.7 Å². The first-order valence-electron chi connectivity index (χ1n) is 12.4. The molecule has 1 saturated carbocycles. The van der Waals surface area contributed by atoms with Gasteiger partial charge in [-0.3, -0.25) is 4.98 Å². The molecule has 0 saturated heterocycles. The summed E-state index contributed by atoms with van der Waals surface area (Å²) in [6.07, 6.45) is 0.0699. The standard InChI is InChI=1S/C28H32N6O3/c1-15-11-18(12-16(2)30-15)31-27-29-14-19(22-10-9-17-7-5-6-8-21(17)32-22)26(34-27)33-23-13-20(28(3,4)37)24(35)25(23)36/h5-12,14,20,23-25,35-37H,13H2,1-4H3,(H2,29,30,31,33,34)/p+1/t20-,23+,24+,25-/m0/s1. The van der Waals surface area contributed by atoms with Crippen LogP contribution in [0.1, 0.15) is 31.7 Å². The number of hydrogen-bond acceptors (Lipinski definition) is 8. The Kier molecular flexibility index (Phi) is 6.53. The zero-order valence-corrected chi connectivity index (χ0v) is 21.4. The fraction of sp³-hybridized carbons (Fsp3) is 0.357. The molecule has 192 valence electrons. The number of pyridine rings is 2. The third-order valence-electron chi connectivity index (χ3n) is 6.96. The summed E-state index contributed by atoms with van der Waals surface area (Å²) < 4.78 is 0. The van der Waals surface area contributed by atoms with E-state index in [-0.39, 0.29) is 0 Å². The molecule has 1 aliphatic rings. The number of benzene rings is 1. The van der Waals surface area contributed by atoms with Crippen molar-refractivity contribution < 1.29 is 20.3 Å². The van der Waals surface area contributed by atoms with E-state index in [2.05, 4.69) is 20.6 Å². The number of nitrogens with one attached hydrogen (secondary N) is 3. The highest BCUT2D eigenvalue weighted by Gasteiger charge is 2.48. The number of H-pyrrole nitrogens is 1. The topological polar surface area (TPSA) is 138 Å². The molecule has 3 aromatic heterocycles. The van der Waals surface area contributed by atoms with Crippen molar-refractivity contribution in [1.82, 2.24) is 15.0 Å². The lowest BCUT2D eigenvalue weighted by Gasteiger charge is -2.28. The van der Waals surface area contributed by atoms with Crippen molar-refractivity contribution in [2.75, 3.05) is 10.6 Å². The zero-order chi connectivity index (χ0) is 26.3. The highest BCUT2D eigenvalue weighted by atomic mass is 16.3. The Bertz CT molecular complexity index is 1420. The second-order valence-electron chi connectivity index (χ2n) is 10.4. The van der Waals surface area contributed by atoms with Crippen LogP contribution < -0.4 is 15.6 Å². The number of para-hydroxylation sites is 1. The molecule has 0 bridgehead atoms. The number of fused-ring (bicyclic) bond motifs is 1. The van der Waals surface area contributed by atoms with E-state index in [1.807, 2.05) is 68.6 Å². The molecule has 0 amide bonds. The van der Waals surface area contributed by atoms with E-state index in [0.29, 0.717) is 29.4 Å². The van der Waals surface area contributed by atoms with Gasteiger partial charge in [0.1, 0.15) is 11.8 Å². The molecule has 6 N–H and O–H groups in total. The Morgan fingerprint density at radius 3 is 2.38 bits per heavy atom. The Morgan fingerprint density at radius 1 is 0.946 bits per heavy atom. The third kappa shape index (κ3) is 5.24. The van der Waals surface area contributed by atoms with Crippen molar-refractivity contribution in [3.8, 4) is 11.3 Å². The van der Waals surface area contributed by atoms with Crippen LogP contribution in [0.5, 0.6) is 0 Å².